The fraction of sp³-hybridized carbons (Fsp3) is 0.444. The smallest absolute Gasteiger partial charge is 0.307 e. The molecule has 6 heteroatoms. The van der Waals surface area contributed by atoms with Gasteiger partial charge in [0.05, 0.1) is 17.3 Å². The number of carboxylic acids is 1. The molecule has 0 radical (unpaired) electrons. The number of hydrogen-bond donors (Lipinski definition) is 1. The van der Waals surface area contributed by atoms with Crippen LogP contribution in [0.3, 0.4) is 0 Å². The van der Waals surface area contributed by atoms with Crippen LogP contribution in [0.5, 0.6) is 0 Å². The molecule has 0 spiro atoms. The van der Waals surface area contributed by atoms with Crippen LogP contribution in [0, 0.1) is 5.92 Å². The summed E-state index contributed by atoms with van der Waals surface area (Å²) >= 11 is 3.45. The summed E-state index contributed by atoms with van der Waals surface area (Å²) in [7, 11) is 0. The maximum Gasteiger partial charge on any atom is 0.307 e. The van der Waals surface area contributed by atoms with E-state index in [0.29, 0.717) is 12.5 Å². The Morgan fingerprint density at radius 3 is 2.67 bits per heavy atom. The largest absolute Gasteiger partial charge is 0.481 e. The van der Waals surface area contributed by atoms with Gasteiger partial charge in [0.25, 0.3) is 0 Å². The molecule has 0 bridgehead atoms. The fourth-order valence-electron chi connectivity index (χ4n) is 3.18. The first-order chi connectivity index (χ1) is 11.4. The van der Waals surface area contributed by atoms with Gasteiger partial charge >= 0.3 is 5.97 Å². The lowest BCUT2D eigenvalue weighted by Crippen LogP contribution is -2.23. The molecule has 24 heavy (non-hydrogen) atoms. The van der Waals surface area contributed by atoms with Crippen molar-refractivity contribution in [1.29, 1.82) is 0 Å². The minimum Gasteiger partial charge on any atom is -0.481 e. The fourth-order valence-corrected chi connectivity index (χ4v) is 3.44. The molecule has 0 saturated carbocycles. The van der Waals surface area contributed by atoms with Gasteiger partial charge in [0, 0.05) is 29.3 Å². The van der Waals surface area contributed by atoms with Crippen molar-refractivity contribution in [3.8, 4) is 5.69 Å². The predicted molar refractivity (Wildman–Crippen MR) is 96.4 cm³/mol. The highest BCUT2D eigenvalue weighted by molar-refractivity contribution is 9.10. The highest BCUT2D eigenvalue weighted by Crippen LogP contribution is 2.25. The van der Waals surface area contributed by atoms with Crippen molar-refractivity contribution in [3.63, 3.8) is 0 Å². The average molecular weight is 392 g/mol. The molecule has 1 saturated heterocycles. The average Bonchev–Trinajstić information content (AvgIpc) is 3.16. The van der Waals surface area contributed by atoms with E-state index < -0.39 is 5.97 Å². The number of benzene rings is 1. The summed E-state index contributed by atoms with van der Waals surface area (Å²) < 4.78 is 2.96. The summed E-state index contributed by atoms with van der Waals surface area (Å²) in [5.41, 5.74) is 3.28. The van der Waals surface area contributed by atoms with Crippen LogP contribution in [0.4, 0.5) is 0 Å². The first-order valence-electron chi connectivity index (χ1n) is 8.23. The zero-order valence-corrected chi connectivity index (χ0v) is 15.5. The lowest BCUT2D eigenvalue weighted by Gasteiger charge is -2.15. The minimum atomic E-state index is -0.688. The zero-order chi connectivity index (χ0) is 17.3. The third-order valence-electron chi connectivity index (χ3n) is 4.48. The third kappa shape index (κ3) is 3.70. The zero-order valence-electron chi connectivity index (χ0n) is 13.9. The lowest BCUT2D eigenvalue weighted by molar-refractivity contribution is -0.141. The number of nitrogens with zero attached hydrogens (tertiary/aromatic N) is 3. The van der Waals surface area contributed by atoms with Gasteiger partial charge in [-0.25, -0.2) is 4.68 Å². The van der Waals surface area contributed by atoms with Gasteiger partial charge in [-0.2, -0.15) is 5.10 Å². The quantitative estimate of drug-likeness (QED) is 0.844. The van der Waals surface area contributed by atoms with Gasteiger partial charge in [-0.1, -0.05) is 29.8 Å². The molecule has 3 rings (SSSR count). The molecule has 1 fully saturated rings. The molecular formula is C18H22BrN3O2. The third-order valence-corrected chi connectivity index (χ3v) is 5.00. The summed E-state index contributed by atoms with van der Waals surface area (Å²) in [6.45, 7) is 6.49. The summed E-state index contributed by atoms with van der Waals surface area (Å²) in [6.07, 6.45) is 2.81. The van der Waals surface area contributed by atoms with Crippen molar-refractivity contribution in [2.75, 3.05) is 13.1 Å². The minimum absolute atomic E-state index is 0.242. The molecule has 2 heterocycles. The van der Waals surface area contributed by atoms with Crippen molar-refractivity contribution < 1.29 is 9.90 Å². The summed E-state index contributed by atoms with van der Waals surface area (Å²) in [5, 5.41) is 13.9. The van der Waals surface area contributed by atoms with E-state index in [1.165, 1.54) is 5.56 Å². The number of carboxylic acid groups (broad SMARTS) is 1. The molecule has 1 N–H and O–H groups in total. The van der Waals surface area contributed by atoms with Gasteiger partial charge in [0.15, 0.2) is 0 Å². The van der Waals surface area contributed by atoms with Crippen LogP contribution in [-0.4, -0.2) is 38.8 Å². The van der Waals surface area contributed by atoms with Crippen LogP contribution in [0.15, 0.2) is 34.9 Å². The number of aliphatic carboxylic acids is 1. The second kappa shape index (κ2) is 7.07. The van der Waals surface area contributed by atoms with Gasteiger partial charge in [0.1, 0.15) is 0 Å². The van der Waals surface area contributed by atoms with E-state index >= 15 is 0 Å². The first-order valence-corrected chi connectivity index (χ1v) is 9.03. The van der Waals surface area contributed by atoms with Gasteiger partial charge in [-0.3, -0.25) is 9.69 Å². The topological polar surface area (TPSA) is 58.4 Å². The summed E-state index contributed by atoms with van der Waals surface area (Å²) in [6, 6.07) is 8.07. The number of rotatable bonds is 5. The number of likely N-dealkylation sites (tertiary alicyclic amines) is 1. The number of hydrogen-bond acceptors (Lipinski definition) is 3. The predicted octanol–water partition coefficient (Wildman–Crippen LogP) is 3.66. The van der Waals surface area contributed by atoms with E-state index in [2.05, 4.69) is 40.9 Å². The highest BCUT2D eigenvalue weighted by atomic mass is 79.9. The van der Waals surface area contributed by atoms with Crippen molar-refractivity contribution in [1.82, 2.24) is 14.7 Å². The SMILES string of the molecule is CC(C)c1nn(-c2ccc(Br)cc2)cc1CN1CCC(C(=O)O)C1. The van der Waals surface area contributed by atoms with Crippen LogP contribution in [0.25, 0.3) is 5.69 Å². The molecule has 1 aromatic carbocycles. The van der Waals surface area contributed by atoms with Crippen molar-refractivity contribution in [3.05, 3.63) is 46.2 Å². The van der Waals surface area contributed by atoms with E-state index in [1.807, 2.05) is 28.9 Å². The van der Waals surface area contributed by atoms with Gasteiger partial charge in [-0.15, -0.1) is 0 Å². The lowest BCUT2D eigenvalue weighted by atomic mass is 10.1. The Balaban J connectivity index is 1.82. The molecule has 0 aliphatic carbocycles. The molecule has 1 aliphatic rings. The normalized spacial score (nSPS) is 18.4. The van der Waals surface area contributed by atoms with Gasteiger partial charge in [0.2, 0.25) is 0 Å². The standard InChI is InChI=1S/C18H22BrN3O2/c1-12(2)17-14(10-21-8-7-13(9-21)18(23)24)11-22(20-17)16-5-3-15(19)4-6-16/h3-6,11-13H,7-10H2,1-2H3,(H,23,24). The first kappa shape index (κ1) is 17.2. The molecule has 128 valence electrons. The Kier molecular flexibility index (Phi) is 5.06. The monoisotopic (exact) mass is 391 g/mol. The van der Waals surface area contributed by atoms with E-state index in [-0.39, 0.29) is 5.92 Å². The Morgan fingerprint density at radius 2 is 2.08 bits per heavy atom. The number of aromatic nitrogens is 2. The summed E-state index contributed by atoms with van der Waals surface area (Å²) in [5.74, 6) is -0.601. The molecule has 1 aromatic heterocycles. The van der Waals surface area contributed by atoms with Gasteiger partial charge < -0.3 is 5.11 Å². The molecule has 2 aromatic rings. The van der Waals surface area contributed by atoms with E-state index in [9.17, 15) is 4.79 Å². The maximum absolute atomic E-state index is 11.1. The van der Waals surface area contributed by atoms with E-state index in [1.54, 1.807) is 0 Å². The summed E-state index contributed by atoms with van der Waals surface area (Å²) in [4.78, 5) is 13.4. The molecule has 1 aliphatic heterocycles. The van der Waals surface area contributed by atoms with Crippen LogP contribution in [0.1, 0.15) is 37.4 Å². The molecule has 0 amide bonds. The van der Waals surface area contributed by atoms with Crippen molar-refractivity contribution in [2.24, 2.45) is 5.92 Å². The van der Waals surface area contributed by atoms with Gasteiger partial charge in [-0.05, 0) is 43.1 Å². The van der Waals surface area contributed by atoms with Crippen LogP contribution >= 0.6 is 15.9 Å². The molecule has 1 unspecified atom stereocenters. The van der Waals surface area contributed by atoms with E-state index in [0.717, 1.165) is 35.4 Å². The second-order valence-electron chi connectivity index (χ2n) is 6.67. The number of halogens is 1. The molecular weight excluding hydrogens is 370 g/mol. The Bertz CT molecular complexity index is 724. The van der Waals surface area contributed by atoms with Crippen LogP contribution < -0.4 is 0 Å². The Morgan fingerprint density at radius 1 is 1.38 bits per heavy atom. The molecule has 1 atom stereocenters. The van der Waals surface area contributed by atoms with Crippen molar-refractivity contribution >= 4 is 21.9 Å². The molecule has 5 nitrogen and oxygen atoms in total. The maximum atomic E-state index is 11.1. The van der Waals surface area contributed by atoms with Crippen molar-refractivity contribution in [2.45, 2.75) is 32.7 Å². The highest BCUT2D eigenvalue weighted by Gasteiger charge is 2.28. The van der Waals surface area contributed by atoms with E-state index in [4.69, 9.17) is 10.2 Å². The second-order valence-corrected chi connectivity index (χ2v) is 7.59. The number of carbonyl (C=O) groups is 1. The van der Waals surface area contributed by atoms with Crippen LogP contribution in [-0.2, 0) is 11.3 Å². The Hall–Kier alpha value is -1.66. The van der Waals surface area contributed by atoms with Crippen LogP contribution in [0.2, 0.25) is 0 Å². The Labute approximate surface area is 150 Å².